The van der Waals surface area contributed by atoms with Gasteiger partial charge in [0.15, 0.2) is 0 Å². The van der Waals surface area contributed by atoms with Crippen molar-refractivity contribution in [1.29, 1.82) is 0 Å². The molecule has 0 fully saturated rings. The number of ether oxygens (including phenoxy) is 2. The van der Waals surface area contributed by atoms with Crippen molar-refractivity contribution in [3.8, 4) is 5.75 Å². The second-order valence-corrected chi connectivity index (χ2v) is 10.1. The molecule has 0 aromatic heterocycles. The van der Waals surface area contributed by atoms with Crippen LogP contribution in [0.3, 0.4) is 0 Å². The van der Waals surface area contributed by atoms with Gasteiger partial charge in [-0.2, -0.15) is 4.31 Å². The van der Waals surface area contributed by atoms with Crippen LogP contribution in [0.5, 0.6) is 5.75 Å². The van der Waals surface area contributed by atoms with Crippen LogP contribution in [0.1, 0.15) is 40.7 Å². The van der Waals surface area contributed by atoms with Crippen molar-refractivity contribution in [1.82, 2.24) is 9.73 Å². The number of amides is 1. The zero-order valence-electron chi connectivity index (χ0n) is 19.4. The highest BCUT2D eigenvalue weighted by Gasteiger charge is 2.44. The molecule has 0 radical (unpaired) electrons. The van der Waals surface area contributed by atoms with Crippen LogP contribution in [0.25, 0.3) is 0 Å². The summed E-state index contributed by atoms with van der Waals surface area (Å²) in [5.74, 6) is 3.56. The van der Waals surface area contributed by atoms with Crippen molar-refractivity contribution in [2.45, 2.75) is 51.2 Å². The van der Waals surface area contributed by atoms with Crippen LogP contribution in [0.2, 0.25) is 0 Å². The van der Waals surface area contributed by atoms with Gasteiger partial charge in [-0.05, 0) is 55.2 Å². The molecule has 180 valence electrons. The van der Waals surface area contributed by atoms with Crippen LogP contribution < -0.4 is 16.0 Å². The molecule has 1 aliphatic rings. The van der Waals surface area contributed by atoms with Gasteiger partial charge in [-0.3, -0.25) is 10.2 Å². The van der Waals surface area contributed by atoms with Crippen molar-refractivity contribution in [2.24, 2.45) is 5.84 Å². The van der Waals surface area contributed by atoms with Gasteiger partial charge in [-0.15, -0.1) is 0 Å². The van der Waals surface area contributed by atoms with Crippen LogP contribution in [-0.2, 0) is 26.2 Å². The normalized spacial score (nSPS) is 17.4. The molecule has 10 heteroatoms. The van der Waals surface area contributed by atoms with Crippen molar-refractivity contribution < 1.29 is 27.1 Å². The molecule has 2 aromatic rings. The summed E-state index contributed by atoms with van der Waals surface area (Å²) in [7, 11) is -2.78. The third kappa shape index (κ3) is 4.61. The Labute approximate surface area is 193 Å². The third-order valence-corrected chi connectivity index (χ3v) is 8.10. The maximum atomic E-state index is 14.9. The van der Waals surface area contributed by atoms with Gasteiger partial charge in [0.05, 0.1) is 6.61 Å². The Balaban J connectivity index is 2.21. The average molecular weight is 480 g/mol. The van der Waals surface area contributed by atoms with E-state index in [1.54, 1.807) is 32.0 Å². The molecule has 0 spiro atoms. The van der Waals surface area contributed by atoms with Gasteiger partial charge in [0.25, 0.3) is 5.91 Å². The number of hydrazine groups is 1. The number of carbonyl (C=O) groups excluding carboxylic acids is 1. The molecule has 0 aliphatic carbocycles. The Morgan fingerprint density at radius 2 is 2.00 bits per heavy atom. The second-order valence-electron chi connectivity index (χ2n) is 8.29. The van der Waals surface area contributed by atoms with E-state index in [9.17, 15) is 17.6 Å². The molecular weight excluding hydrogens is 449 g/mol. The van der Waals surface area contributed by atoms with E-state index in [0.29, 0.717) is 11.1 Å². The number of nitrogens with one attached hydrogen (secondary N) is 1. The summed E-state index contributed by atoms with van der Waals surface area (Å²) in [5.41, 5.74) is 5.04. The van der Waals surface area contributed by atoms with E-state index in [-0.39, 0.29) is 36.0 Å². The summed E-state index contributed by atoms with van der Waals surface area (Å²) in [6.07, 6.45) is 0. The average Bonchev–Trinajstić information content (AvgIpc) is 2.87. The number of sulfonamides is 1. The standard InChI is InChI=1S/C23H30FN3O5S/c1-13-10-17(12-31-5)22-19(11-13)32-9-8-27(33(22,29)30)21(23(28)26-25)16(4)20-15(3)14(2)6-7-18(20)24/h6-7,10-11,16,21H,8-9,12,25H2,1-5H3,(H,26,28)/t16?,21-/m0/s1. The smallest absolute Gasteiger partial charge is 0.252 e. The quantitative estimate of drug-likeness (QED) is 0.374. The molecule has 3 rings (SSSR count). The van der Waals surface area contributed by atoms with E-state index >= 15 is 0 Å². The number of aryl methyl sites for hydroxylation is 2. The molecule has 0 saturated heterocycles. The first-order valence-corrected chi connectivity index (χ1v) is 12.0. The number of methoxy groups -OCH3 is 1. The fraction of sp³-hybridized carbons (Fsp3) is 0.435. The summed E-state index contributed by atoms with van der Waals surface area (Å²) < 4.78 is 54.9. The van der Waals surface area contributed by atoms with Crippen LogP contribution in [0.15, 0.2) is 29.2 Å². The molecule has 2 atom stereocenters. The summed E-state index contributed by atoms with van der Waals surface area (Å²) in [6, 6.07) is 5.01. The molecule has 1 heterocycles. The third-order valence-electron chi connectivity index (χ3n) is 6.09. The van der Waals surface area contributed by atoms with Crippen LogP contribution in [0.4, 0.5) is 4.39 Å². The number of rotatable bonds is 6. The molecule has 1 amide bonds. The molecule has 1 unspecified atom stereocenters. The maximum absolute atomic E-state index is 14.9. The molecule has 1 aliphatic heterocycles. The summed E-state index contributed by atoms with van der Waals surface area (Å²) in [6.45, 7) is 6.96. The number of nitrogens with zero attached hydrogens (tertiary/aromatic N) is 1. The molecular formula is C23H30FN3O5S. The summed E-state index contributed by atoms with van der Waals surface area (Å²) in [4.78, 5) is 12.9. The molecule has 3 N–H and O–H groups in total. The zero-order chi connectivity index (χ0) is 24.5. The van der Waals surface area contributed by atoms with Gasteiger partial charge in [0.2, 0.25) is 10.0 Å². The highest BCUT2D eigenvalue weighted by Crippen LogP contribution is 2.38. The van der Waals surface area contributed by atoms with Crippen LogP contribution in [0, 0.1) is 26.6 Å². The SMILES string of the molecule is COCc1cc(C)cc2c1S(=O)(=O)N([C@H](C(=O)NN)C(C)c1c(F)ccc(C)c1C)CCO2. The van der Waals surface area contributed by atoms with Crippen molar-refractivity contribution in [3.05, 3.63) is 57.9 Å². The topological polar surface area (TPSA) is 111 Å². The first kappa shape index (κ1) is 25.1. The van der Waals surface area contributed by atoms with Gasteiger partial charge in [-0.25, -0.2) is 18.7 Å². The predicted octanol–water partition coefficient (Wildman–Crippen LogP) is 2.44. The number of fused-ring (bicyclic) bond motifs is 1. The van der Waals surface area contributed by atoms with Gasteiger partial charge in [0, 0.05) is 25.1 Å². The summed E-state index contributed by atoms with van der Waals surface area (Å²) >= 11 is 0. The van der Waals surface area contributed by atoms with E-state index in [2.05, 4.69) is 5.43 Å². The molecule has 0 bridgehead atoms. The van der Waals surface area contributed by atoms with Crippen molar-refractivity contribution >= 4 is 15.9 Å². The van der Waals surface area contributed by atoms with Gasteiger partial charge in [0.1, 0.15) is 29.1 Å². The number of hydrogen-bond donors (Lipinski definition) is 2. The highest BCUT2D eigenvalue weighted by atomic mass is 32.2. The number of benzene rings is 2. The second kappa shape index (κ2) is 9.76. The largest absolute Gasteiger partial charge is 0.491 e. The number of hydrogen-bond acceptors (Lipinski definition) is 6. The molecule has 33 heavy (non-hydrogen) atoms. The van der Waals surface area contributed by atoms with Crippen LogP contribution >= 0.6 is 0 Å². The van der Waals surface area contributed by atoms with E-state index in [4.69, 9.17) is 15.3 Å². The Morgan fingerprint density at radius 3 is 2.64 bits per heavy atom. The fourth-order valence-corrected chi connectivity index (χ4v) is 6.41. The maximum Gasteiger partial charge on any atom is 0.252 e. The van der Waals surface area contributed by atoms with Gasteiger partial charge in [-0.1, -0.05) is 19.1 Å². The Bertz CT molecular complexity index is 1170. The number of nitrogens with two attached hydrogens (primary N) is 1. The number of carbonyl (C=O) groups is 1. The summed E-state index contributed by atoms with van der Waals surface area (Å²) in [5, 5.41) is 0. The van der Waals surface area contributed by atoms with E-state index < -0.39 is 33.7 Å². The molecule has 8 nitrogen and oxygen atoms in total. The lowest BCUT2D eigenvalue weighted by Crippen LogP contribution is -2.54. The minimum absolute atomic E-state index is 0.0124. The van der Waals surface area contributed by atoms with Crippen molar-refractivity contribution in [3.63, 3.8) is 0 Å². The Morgan fingerprint density at radius 1 is 1.30 bits per heavy atom. The van der Waals surface area contributed by atoms with E-state index in [1.807, 2.05) is 13.8 Å². The Hall–Kier alpha value is -2.53. The van der Waals surface area contributed by atoms with Gasteiger partial charge >= 0.3 is 0 Å². The molecule has 2 aromatic carbocycles. The minimum atomic E-state index is -4.24. The zero-order valence-corrected chi connectivity index (χ0v) is 20.3. The number of halogens is 1. The fourth-order valence-electron chi connectivity index (χ4n) is 4.46. The Kier molecular flexibility index (Phi) is 7.42. The van der Waals surface area contributed by atoms with Crippen LogP contribution in [-0.4, -0.2) is 44.9 Å². The first-order valence-electron chi connectivity index (χ1n) is 10.6. The lowest BCUT2D eigenvalue weighted by molar-refractivity contribution is -0.125. The molecule has 0 saturated carbocycles. The van der Waals surface area contributed by atoms with E-state index in [1.165, 1.54) is 13.2 Å². The van der Waals surface area contributed by atoms with E-state index in [0.717, 1.165) is 15.4 Å². The minimum Gasteiger partial charge on any atom is -0.491 e. The van der Waals surface area contributed by atoms with Gasteiger partial charge < -0.3 is 9.47 Å². The lowest BCUT2D eigenvalue weighted by atomic mass is 9.87. The lowest BCUT2D eigenvalue weighted by Gasteiger charge is -2.33. The predicted molar refractivity (Wildman–Crippen MR) is 122 cm³/mol. The highest BCUT2D eigenvalue weighted by molar-refractivity contribution is 7.89. The monoisotopic (exact) mass is 479 g/mol. The first-order chi connectivity index (χ1) is 15.5. The van der Waals surface area contributed by atoms with Crippen molar-refractivity contribution in [2.75, 3.05) is 20.3 Å².